The van der Waals surface area contributed by atoms with E-state index in [2.05, 4.69) is 10.3 Å². The van der Waals surface area contributed by atoms with Crippen LogP contribution in [0.25, 0.3) is 5.65 Å². The van der Waals surface area contributed by atoms with Gasteiger partial charge in [-0.15, -0.1) is 0 Å². The van der Waals surface area contributed by atoms with Gasteiger partial charge in [0.05, 0.1) is 12.8 Å². The third-order valence-electron chi connectivity index (χ3n) is 6.54. The van der Waals surface area contributed by atoms with Crippen molar-refractivity contribution < 1.29 is 41.0 Å². The average Bonchev–Trinajstić information content (AvgIpc) is 3.35. The molecule has 1 saturated heterocycles. The molecule has 1 aliphatic heterocycles. The van der Waals surface area contributed by atoms with Gasteiger partial charge in [-0.25, -0.2) is 9.37 Å². The van der Waals surface area contributed by atoms with E-state index in [0.717, 1.165) is 26.2 Å². The van der Waals surface area contributed by atoms with E-state index < -0.39 is 58.9 Å². The molecule has 8 nitrogen and oxygen atoms in total. The van der Waals surface area contributed by atoms with Crippen molar-refractivity contribution in [1.29, 1.82) is 0 Å². The molecule has 0 bridgehead atoms. The number of ether oxygens (including phenoxy) is 2. The van der Waals surface area contributed by atoms with E-state index in [1.807, 2.05) is 0 Å². The smallest absolute Gasteiger partial charge is 0.417 e. The highest BCUT2D eigenvalue weighted by molar-refractivity contribution is 5.95. The number of rotatable bonds is 5. The van der Waals surface area contributed by atoms with Gasteiger partial charge in [0, 0.05) is 29.8 Å². The summed E-state index contributed by atoms with van der Waals surface area (Å²) in [6.45, 7) is 2.02. The predicted octanol–water partition coefficient (Wildman–Crippen LogP) is 3.80. The fraction of sp³-hybridized carbons (Fsp3) is 0.348. The van der Waals surface area contributed by atoms with Crippen LogP contribution in [0.4, 0.5) is 27.6 Å². The van der Waals surface area contributed by atoms with Crippen LogP contribution in [0.5, 0.6) is 5.75 Å². The van der Waals surface area contributed by atoms with Gasteiger partial charge in [0.1, 0.15) is 17.4 Å². The van der Waals surface area contributed by atoms with Crippen molar-refractivity contribution >= 4 is 23.1 Å². The van der Waals surface area contributed by atoms with Crippen LogP contribution in [0.15, 0.2) is 36.7 Å². The zero-order valence-electron chi connectivity index (χ0n) is 19.2. The van der Waals surface area contributed by atoms with Crippen molar-refractivity contribution in [1.82, 2.24) is 9.38 Å². The normalized spacial score (nSPS) is 24.2. The number of pyridine rings is 1. The zero-order valence-corrected chi connectivity index (χ0v) is 19.2. The SMILES string of the molecule is COc1c([C@H]2[C@H](C(=O)Nc3ccc4nc(C(N)=O)cn4c3)O[C@@](C)(C(F)(F)F)[C@H]2C)ccc(F)c1F. The quantitative estimate of drug-likeness (QED) is 0.506. The number of alkyl halides is 3. The van der Waals surface area contributed by atoms with Crippen molar-refractivity contribution in [2.75, 3.05) is 12.4 Å². The number of aromatic nitrogens is 2. The largest absolute Gasteiger partial charge is 0.493 e. The monoisotopic (exact) mass is 512 g/mol. The second kappa shape index (κ2) is 8.73. The van der Waals surface area contributed by atoms with Crippen molar-refractivity contribution in [2.24, 2.45) is 11.7 Å². The Labute approximate surface area is 201 Å². The summed E-state index contributed by atoms with van der Waals surface area (Å²) < 4.78 is 82.1. The van der Waals surface area contributed by atoms with Gasteiger partial charge in [-0.2, -0.15) is 17.6 Å². The van der Waals surface area contributed by atoms with E-state index in [1.165, 1.54) is 35.9 Å². The molecule has 3 aromatic rings. The van der Waals surface area contributed by atoms with Gasteiger partial charge in [-0.3, -0.25) is 9.59 Å². The van der Waals surface area contributed by atoms with E-state index >= 15 is 0 Å². The number of hydrogen-bond acceptors (Lipinski definition) is 5. The first-order chi connectivity index (χ1) is 16.8. The van der Waals surface area contributed by atoms with Crippen LogP contribution in [-0.2, 0) is 9.53 Å². The minimum Gasteiger partial charge on any atom is -0.493 e. The Balaban J connectivity index is 1.74. The standard InChI is InChI=1S/C23H21F5N4O4/c1-10-16(12-5-6-13(24)17(25)18(12)35-3)19(36-22(10,2)23(26,27)28)21(34)30-11-4-7-15-31-14(20(29)33)9-32(15)8-11/h4-10,16,19H,1-3H3,(H2,29,33)(H,30,34)/t10-,16-,19+,22+/m0/s1. The molecular formula is C23H21F5N4O4. The highest BCUT2D eigenvalue weighted by atomic mass is 19.4. The second-order valence-electron chi connectivity index (χ2n) is 8.60. The molecule has 2 amide bonds. The van der Waals surface area contributed by atoms with Crippen LogP contribution < -0.4 is 15.8 Å². The van der Waals surface area contributed by atoms with Crippen LogP contribution in [0.1, 0.15) is 35.8 Å². The number of benzene rings is 1. The van der Waals surface area contributed by atoms with Crippen LogP contribution in [0.2, 0.25) is 0 Å². The Bertz CT molecular complexity index is 1360. The van der Waals surface area contributed by atoms with Crippen LogP contribution in [0.3, 0.4) is 0 Å². The van der Waals surface area contributed by atoms with Crippen molar-refractivity contribution in [2.45, 2.75) is 37.6 Å². The minimum absolute atomic E-state index is 0.0298. The molecule has 0 spiro atoms. The zero-order chi connectivity index (χ0) is 26.6. The number of nitrogens with two attached hydrogens (primary N) is 1. The summed E-state index contributed by atoms with van der Waals surface area (Å²) in [7, 11) is 1.04. The molecule has 2 aromatic heterocycles. The number of fused-ring (bicyclic) bond motifs is 1. The lowest BCUT2D eigenvalue weighted by atomic mass is 9.77. The van der Waals surface area contributed by atoms with Gasteiger partial charge in [-0.1, -0.05) is 13.0 Å². The van der Waals surface area contributed by atoms with E-state index in [-0.39, 0.29) is 16.9 Å². The van der Waals surface area contributed by atoms with Crippen molar-refractivity contribution in [3.05, 3.63) is 59.6 Å². The summed E-state index contributed by atoms with van der Waals surface area (Å²) >= 11 is 0. The lowest BCUT2D eigenvalue weighted by Gasteiger charge is -2.32. The van der Waals surface area contributed by atoms with Crippen molar-refractivity contribution in [3.8, 4) is 5.75 Å². The maximum absolute atomic E-state index is 14.4. The number of methoxy groups -OCH3 is 1. The molecule has 4 rings (SSSR count). The molecule has 1 fully saturated rings. The number of halogens is 5. The van der Waals surface area contributed by atoms with Crippen LogP contribution >= 0.6 is 0 Å². The Kier molecular flexibility index (Phi) is 6.15. The number of nitrogens with zero attached hydrogens (tertiary/aromatic N) is 2. The molecule has 13 heteroatoms. The molecule has 3 heterocycles. The minimum atomic E-state index is -4.88. The maximum Gasteiger partial charge on any atom is 0.417 e. The number of carbonyl (C=O) groups is 2. The molecule has 192 valence electrons. The second-order valence-corrected chi connectivity index (χ2v) is 8.60. The summed E-state index contributed by atoms with van der Waals surface area (Å²) in [5.74, 6) is -7.73. The van der Waals surface area contributed by atoms with Gasteiger partial charge >= 0.3 is 6.18 Å². The van der Waals surface area contributed by atoms with Crippen LogP contribution in [0, 0.1) is 17.6 Å². The van der Waals surface area contributed by atoms with Gasteiger partial charge in [0.25, 0.3) is 11.8 Å². The summed E-state index contributed by atoms with van der Waals surface area (Å²) in [6.07, 6.45) is -3.94. The summed E-state index contributed by atoms with van der Waals surface area (Å²) in [5.41, 5.74) is 2.74. The maximum atomic E-state index is 14.4. The third-order valence-corrected chi connectivity index (χ3v) is 6.54. The van der Waals surface area contributed by atoms with E-state index in [0.29, 0.717) is 5.65 Å². The number of amides is 2. The number of primary amides is 1. The lowest BCUT2D eigenvalue weighted by molar-refractivity contribution is -0.272. The lowest BCUT2D eigenvalue weighted by Crippen LogP contribution is -2.47. The highest BCUT2D eigenvalue weighted by Crippen LogP contribution is 2.55. The molecule has 0 radical (unpaired) electrons. The fourth-order valence-corrected chi connectivity index (χ4v) is 4.44. The molecular weight excluding hydrogens is 491 g/mol. The Hall–Kier alpha value is -3.74. The summed E-state index contributed by atoms with van der Waals surface area (Å²) in [4.78, 5) is 28.6. The van der Waals surface area contributed by atoms with Gasteiger partial charge in [0.2, 0.25) is 5.82 Å². The molecule has 0 unspecified atom stereocenters. The van der Waals surface area contributed by atoms with Gasteiger partial charge < -0.3 is 24.9 Å². The summed E-state index contributed by atoms with van der Waals surface area (Å²) in [5, 5.41) is 2.48. The van der Waals surface area contributed by atoms with Crippen LogP contribution in [-0.4, -0.2) is 46.2 Å². The van der Waals surface area contributed by atoms with E-state index in [9.17, 15) is 31.5 Å². The molecule has 0 saturated carbocycles. The Morgan fingerprint density at radius 1 is 1.19 bits per heavy atom. The number of hydrogen-bond donors (Lipinski definition) is 2. The molecule has 0 aliphatic carbocycles. The molecule has 1 aliphatic rings. The first-order valence-electron chi connectivity index (χ1n) is 10.6. The molecule has 36 heavy (non-hydrogen) atoms. The van der Waals surface area contributed by atoms with Gasteiger partial charge in [-0.05, 0) is 25.1 Å². The number of anilines is 1. The molecule has 4 atom stereocenters. The Morgan fingerprint density at radius 2 is 1.89 bits per heavy atom. The molecule has 3 N–H and O–H groups in total. The third kappa shape index (κ3) is 4.02. The van der Waals surface area contributed by atoms with Crippen molar-refractivity contribution in [3.63, 3.8) is 0 Å². The number of nitrogens with one attached hydrogen (secondary N) is 1. The van der Waals surface area contributed by atoms with E-state index in [4.69, 9.17) is 15.2 Å². The predicted molar refractivity (Wildman–Crippen MR) is 116 cm³/mol. The molecule has 1 aromatic carbocycles. The first-order valence-corrected chi connectivity index (χ1v) is 10.6. The fourth-order valence-electron chi connectivity index (χ4n) is 4.44. The first kappa shape index (κ1) is 25.4. The number of carbonyl (C=O) groups excluding carboxylic acids is 2. The highest BCUT2D eigenvalue weighted by Gasteiger charge is 2.65. The Morgan fingerprint density at radius 3 is 2.50 bits per heavy atom. The number of imidazole rings is 1. The summed E-state index contributed by atoms with van der Waals surface area (Å²) in [6, 6.07) is 4.70. The topological polar surface area (TPSA) is 108 Å². The average molecular weight is 512 g/mol. The van der Waals surface area contributed by atoms with Gasteiger partial charge in [0.15, 0.2) is 17.2 Å². The van der Waals surface area contributed by atoms with E-state index in [1.54, 1.807) is 0 Å².